The molecule has 1 saturated heterocycles. The lowest BCUT2D eigenvalue weighted by atomic mass is 10.1. The lowest BCUT2D eigenvalue weighted by Crippen LogP contribution is -2.57. The molecule has 108 valence electrons. The molecule has 1 aliphatic heterocycles. The van der Waals surface area contributed by atoms with Gasteiger partial charge in [-0.2, -0.15) is 0 Å². The van der Waals surface area contributed by atoms with Crippen molar-refractivity contribution in [3.63, 3.8) is 0 Å². The van der Waals surface area contributed by atoms with E-state index < -0.39 is 0 Å². The Labute approximate surface area is 121 Å². The zero-order valence-corrected chi connectivity index (χ0v) is 12.5. The number of hydrogen-bond acceptors (Lipinski definition) is 2. The summed E-state index contributed by atoms with van der Waals surface area (Å²) in [4.78, 5) is 16.8. The standard InChI is InChI=1S/C17H24N2O/c1-13-10-18(17(20)16-8-9-16)11-14(2)19(13)12-15-6-4-3-5-7-15/h3-7,13-14,16H,8-12H2,1-2H3. The van der Waals surface area contributed by atoms with Crippen LogP contribution in [0.3, 0.4) is 0 Å². The van der Waals surface area contributed by atoms with Crippen LogP contribution in [-0.4, -0.2) is 40.9 Å². The predicted molar refractivity (Wildman–Crippen MR) is 80.2 cm³/mol. The first-order valence-corrected chi connectivity index (χ1v) is 7.73. The first-order valence-electron chi connectivity index (χ1n) is 7.73. The highest BCUT2D eigenvalue weighted by Gasteiger charge is 2.38. The molecule has 3 nitrogen and oxygen atoms in total. The van der Waals surface area contributed by atoms with Crippen LogP contribution in [-0.2, 0) is 11.3 Å². The molecule has 1 aromatic rings. The maximum absolute atomic E-state index is 12.2. The Balaban J connectivity index is 1.64. The quantitative estimate of drug-likeness (QED) is 0.844. The van der Waals surface area contributed by atoms with Gasteiger partial charge in [0.15, 0.2) is 0 Å². The second-order valence-electron chi connectivity index (χ2n) is 6.37. The van der Waals surface area contributed by atoms with Crippen molar-refractivity contribution in [1.82, 2.24) is 9.80 Å². The summed E-state index contributed by atoms with van der Waals surface area (Å²) in [5.41, 5.74) is 1.35. The number of carbonyl (C=O) groups is 1. The summed E-state index contributed by atoms with van der Waals surface area (Å²) in [7, 11) is 0. The summed E-state index contributed by atoms with van der Waals surface area (Å²) in [5.74, 6) is 0.734. The van der Waals surface area contributed by atoms with Gasteiger partial charge in [-0.1, -0.05) is 30.3 Å². The monoisotopic (exact) mass is 272 g/mol. The van der Waals surface area contributed by atoms with Crippen LogP contribution < -0.4 is 0 Å². The summed E-state index contributed by atoms with van der Waals surface area (Å²) in [5, 5.41) is 0. The fourth-order valence-electron chi connectivity index (χ4n) is 3.23. The summed E-state index contributed by atoms with van der Waals surface area (Å²) >= 11 is 0. The molecule has 2 fully saturated rings. The van der Waals surface area contributed by atoms with E-state index in [0.29, 0.717) is 23.9 Å². The molecular formula is C17H24N2O. The number of amides is 1. The van der Waals surface area contributed by atoms with Gasteiger partial charge in [0.1, 0.15) is 0 Å². The Morgan fingerprint density at radius 3 is 2.25 bits per heavy atom. The largest absolute Gasteiger partial charge is 0.339 e. The molecule has 1 saturated carbocycles. The normalized spacial score (nSPS) is 27.6. The number of piperazine rings is 1. The summed E-state index contributed by atoms with van der Waals surface area (Å²) < 4.78 is 0. The van der Waals surface area contributed by atoms with Crippen LogP contribution in [0.1, 0.15) is 32.3 Å². The first-order chi connectivity index (χ1) is 9.65. The molecule has 0 N–H and O–H groups in total. The maximum atomic E-state index is 12.2. The Kier molecular flexibility index (Phi) is 3.79. The van der Waals surface area contributed by atoms with Crippen LogP contribution in [0.5, 0.6) is 0 Å². The molecule has 2 aliphatic rings. The third-order valence-electron chi connectivity index (χ3n) is 4.55. The second kappa shape index (κ2) is 5.57. The van der Waals surface area contributed by atoms with Crippen molar-refractivity contribution in [2.45, 2.75) is 45.3 Å². The molecule has 1 aromatic carbocycles. The Morgan fingerprint density at radius 2 is 1.70 bits per heavy atom. The summed E-state index contributed by atoms with van der Waals surface area (Å²) in [6, 6.07) is 11.5. The Bertz CT molecular complexity index is 457. The molecule has 2 atom stereocenters. The first kappa shape index (κ1) is 13.6. The Hall–Kier alpha value is -1.35. The minimum atomic E-state index is 0.343. The molecule has 1 aliphatic carbocycles. The van der Waals surface area contributed by atoms with Gasteiger partial charge in [-0.15, -0.1) is 0 Å². The number of hydrogen-bond donors (Lipinski definition) is 0. The molecule has 1 heterocycles. The highest BCUT2D eigenvalue weighted by molar-refractivity contribution is 5.81. The van der Waals surface area contributed by atoms with Gasteiger partial charge < -0.3 is 4.90 Å². The Morgan fingerprint density at radius 1 is 1.10 bits per heavy atom. The van der Waals surface area contributed by atoms with Gasteiger partial charge in [-0.25, -0.2) is 0 Å². The van der Waals surface area contributed by atoms with Crippen molar-refractivity contribution in [2.24, 2.45) is 5.92 Å². The highest BCUT2D eigenvalue weighted by Crippen LogP contribution is 2.32. The van der Waals surface area contributed by atoms with E-state index >= 15 is 0 Å². The minimum absolute atomic E-state index is 0.343. The molecule has 20 heavy (non-hydrogen) atoms. The molecule has 3 heteroatoms. The number of nitrogens with zero attached hydrogens (tertiary/aromatic N) is 2. The van der Waals surface area contributed by atoms with E-state index in [2.05, 4.69) is 54.0 Å². The second-order valence-corrected chi connectivity index (χ2v) is 6.37. The van der Waals surface area contributed by atoms with Crippen LogP contribution in [0.15, 0.2) is 30.3 Å². The van der Waals surface area contributed by atoms with Crippen LogP contribution in [0, 0.1) is 5.92 Å². The topological polar surface area (TPSA) is 23.6 Å². The van der Waals surface area contributed by atoms with Crippen molar-refractivity contribution in [2.75, 3.05) is 13.1 Å². The molecule has 1 amide bonds. The van der Waals surface area contributed by atoms with Crippen LogP contribution >= 0.6 is 0 Å². The van der Waals surface area contributed by atoms with Gasteiger partial charge in [0.2, 0.25) is 5.91 Å². The average Bonchev–Trinajstić information content (AvgIpc) is 3.27. The minimum Gasteiger partial charge on any atom is -0.339 e. The lowest BCUT2D eigenvalue weighted by molar-refractivity contribution is -0.137. The van der Waals surface area contributed by atoms with E-state index in [0.717, 1.165) is 32.5 Å². The molecular weight excluding hydrogens is 248 g/mol. The number of carbonyl (C=O) groups excluding carboxylic acids is 1. The highest BCUT2D eigenvalue weighted by atomic mass is 16.2. The van der Waals surface area contributed by atoms with E-state index in [9.17, 15) is 4.79 Å². The van der Waals surface area contributed by atoms with Gasteiger partial charge in [0, 0.05) is 37.6 Å². The van der Waals surface area contributed by atoms with Crippen molar-refractivity contribution in [3.05, 3.63) is 35.9 Å². The van der Waals surface area contributed by atoms with E-state index in [-0.39, 0.29) is 0 Å². The van der Waals surface area contributed by atoms with Gasteiger partial charge in [-0.3, -0.25) is 9.69 Å². The molecule has 3 rings (SSSR count). The SMILES string of the molecule is CC1CN(C(=O)C2CC2)CC(C)N1Cc1ccccc1. The zero-order valence-electron chi connectivity index (χ0n) is 12.5. The third-order valence-corrected chi connectivity index (χ3v) is 4.55. The summed E-state index contributed by atoms with van der Waals surface area (Å²) in [6.07, 6.45) is 2.21. The van der Waals surface area contributed by atoms with Gasteiger partial charge >= 0.3 is 0 Å². The third kappa shape index (κ3) is 2.88. The molecule has 0 bridgehead atoms. The average molecular weight is 272 g/mol. The molecule has 2 unspecified atom stereocenters. The molecule has 0 spiro atoms. The summed E-state index contributed by atoms with van der Waals surface area (Å²) in [6.45, 7) is 7.23. The predicted octanol–water partition coefficient (Wildman–Crippen LogP) is 2.52. The van der Waals surface area contributed by atoms with Crippen LogP contribution in [0.25, 0.3) is 0 Å². The van der Waals surface area contributed by atoms with E-state index in [1.807, 2.05) is 0 Å². The van der Waals surface area contributed by atoms with Crippen LogP contribution in [0.4, 0.5) is 0 Å². The fourth-order valence-corrected chi connectivity index (χ4v) is 3.23. The van der Waals surface area contributed by atoms with Gasteiger partial charge in [0.25, 0.3) is 0 Å². The smallest absolute Gasteiger partial charge is 0.225 e. The van der Waals surface area contributed by atoms with Crippen molar-refractivity contribution in [3.8, 4) is 0 Å². The zero-order chi connectivity index (χ0) is 14.1. The van der Waals surface area contributed by atoms with E-state index in [4.69, 9.17) is 0 Å². The number of benzene rings is 1. The van der Waals surface area contributed by atoms with Crippen molar-refractivity contribution in [1.29, 1.82) is 0 Å². The fraction of sp³-hybridized carbons (Fsp3) is 0.588. The molecule has 0 aromatic heterocycles. The number of rotatable bonds is 3. The van der Waals surface area contributed by atoms with Crippen molar-refractivity contribution >= 4 is 5.91 Å². The van der Waals surface area contributed by atoms with Gasteiger partial charge in [0.05, 0.1) is 0 Å². The van der Waals surface area contributed by atoms with Gasteiger partial charge in [-0.05, 0) is 32.3 Å². The lowest BCUT2D eigenvalue weighted by Gasteiger charge is -2.44. The van der Waals surface area contributed by atoms with Crippen molar-refractivity contribution < 1.29 is 4.79 Å². The van der Waals surface area contributed by atoms with E-state index in [1.54, 1.807) is 0 Å². The maximum Gasteiger partial charge on any atom is 0.225 e. The van der Waals surface area contributed by atoms with Crippen LogP contribution in [0.2, 0.25) is 0 Å². The van der Waals surface area contributed by atoms with E-state index in [1.165, 1.54) is 5.56 Å². The molecule has 0 radical (unpaired) electrons.